The molecule has 0 unspecified atom stereocenters. The summed E-state index contributed by atoms with van der Waals surface area (Å²) in [5.41, 5.74) is 1.73. The van der Waals surface area contributed by atoms with Gasteiger partial charge in [-0.1, -0.05) is 0 Å². The summed E-state index contributed by atoms with van der Waals surface area (Å²) in [6.07, 6.45) is 6.08. The van der Waals surface area contributed by atoms with Crippen LogP contribution in [0, 0.1) is 5.82 Å². The van der Waals surface area contributed by atoms with E-state index in [4.69, 9.17) is 0 Å². The van der Waals surface area contributed by atoms with E-state index in [0.717, 1.165) is 29.5 Å². The van der Waals surface area contributed by atoms with E-state index in [9.17, 15) is 14.0 Å². The highest BCUT2D eigenvalue weighted by atomic mass is 32.2. The lowest BCUT2D eigenvalue weighted by atomic mass is 10.2. The third-order valence-corrected chi connectivity index (χ3v) is 7.39. The number of nitrogens with one attached hydrogen (secondary N) is 2. The average Bonchev–Trinajstić information content (AvgIpc) is 3.49. The Kier molecular flexibility index (Phi) is 5.75. The van der Waals surface area contributed by atoms with Crippen molar-refractivity contribution in [1.82, 2.24) is 24.7 Å². The Morgan fingerprint density at radius 2 is 2.25 bits per heavy atom. The van der Waals surface area contributed by atoms with Crippen LogP contribution in [-0.4, -0.2) is 36.4 Å². The van der Waals surface area contributed by atoms with E-state index in [1.54, 1.807) is 17.4 Å². The molecule has 0 saturated carbocycles. The molecule has 0 saturated heterocycles. The van der Waals surface area contributed by atoms with Crippen LogP contribution in [0.2, 0.25) is 0 Å². The maximum absolute atomic E-state index is 14.3. The first kappa shape index (κ1) is 20.8. The summed E-state index contributed by atoms with van der Waals surface area (Å²) in [4.78, 5) is 38.1. The predicted octanol–water partition coefficient (Wildman–Crippen LogP) is 3.46. The summed E-state index contributed by atoms with van der Waals surface area (Å²) in [6.45, 7) is 0. The molecule has 5 rings (SSSR count). The van der Waals surface area contributed by atoms with Gasteiger partial charge in [0.25, 0.3) is 5.56 Å². The van der Waals surface area contributed by atoms with Gasteiger partial charge in [0.1, 0.15) is 29.0 Å². The minimum absolute atomic E-state index is 0.0703. The van der Waals surface area contributed by atoms with E-state index in [1.807, 2.05) is 0 Å². The second-order valence-electron chi connectivity index (χ2n) is 7.41. The van der Waals surface area contributed by atoms with E-state index in [0.29, 0.717) is 23.0 Å². The Morgan fingerprint density at radius 3 is 3.06 bits per heavy atom. The smallest absolute Gasteiger partial charge is 0.259 e. The van der Waals surface area contributed by atoms with Crippen molar-refractivity contribution in [1.29, 1.82) is 0 Å². The molecule has 4 aromatic rings. The number of anilines is 1. The Balaban J connectivity index is 1.14. The highest BCUT2D eigenvalue weighted by Crippen LogP contribution is 2.34. The minimum atomic E-state index is -0.507. The molecule has 0 fully saturated rings. The van der Waals surface area contributed by atoms with Crippen LogP contribution in [0.5, 0.6) is 0 Å². The first-order chi connectivity index (χ1) is 15.6. The number of hydrogen-bond acceptors (Lipinski definition) is 7. The number of nitrogens with zero attached hydrogens (tertiary/aromatic N) is 4. The third-order valence-electron chi connectivity index (χ3n) is 5.23. The van der Waals surface area contributed by atoms with Gasteiger partial charge in [0, 0.05) is 22.7 Å². The topological polar surface area (TPSA) is 106 Å². The fourth-order valence-corrected chi connectivity index (χ4v) is 5.86. The Hall–Kier alpha value is -3.05. The van der Waals surface area contributed by atoms with Crippen LogP contribution in [-0.2, 0) is 23.4 Å². The maximum Gasteiger partial charge on any atom is 0.259 e. The summed E-state index contributed by atoms with van der Waals surface area (Å²) in [7, 11) is 0. The van der Waals surface area contributed by atoms with Gasteiger partial charge < -0.3 is 10.3 Å². The fourth-order valence-electron chi connectivity index (χ4n) is 3.78. The SMILES string of the molecule is O=C(CCSCc1nc2sc3c(c2c(=O)[nH]1)CCC3)Nc1ccc(-n2cncn2)c(F)c1. The number of hydrogen-bond donors (Lipinski definition) is 2. The van der Waals surface area contributed by atoms with Crippen molar-refractivity contribution in [3.63, 3.8) is 0 Å². The predicted molar refractivity (Wildman–Crippen MR) is 123 cm³/mol. The Bertz CT molecular complexity index is 1350. The van der Waals surface area contributed by atoms with Gasteiger partial charge in [0.15, 0.2) is 5.82 Å². The lowest BCUT2D eigenvalue weighted by molar-refractivity contribution is -0.115. The second-order valence-corrected chi connectivity index (χ2v) is 9.60. The first-order valence-corrected chi connectivity index (χ1v) is 12.1. The van der Waals surface area contributed by atoms with Gasteiger partial charge in [0.05, 0.1) is 11.1 Å². The van der Waals surface area contributed by atoms with E-state index in [1.165, 1.54) is 51.7 Å². The van der Waals surface area contributed by atoms with Crippen LogP contribution in [0.25, 0.3) is 15.9 Å². The van der Waals surface area contributed by atoms with Crippen molar-refractivity contribution in [3.8, 4) is 5.69 Å². The molecular formula is C21H19FN6O2S2. The van der Waals surface area contributed by atoms with E-state index < -0.39 is 5.82 Å². The molecule has 1 aliphatic carbocycles. The average molecular weight is 471 g/mol. The summed E-state index contributed by atoms with van der Waals surface area (Å²) in [5, 5.41) is 7.34. The molecule has 0 bridgehead atoms. The number of thiophene rings is 1. The molecule has 1 aromatic carbocycles. The summed E-state index contributed by atoms with van der Waals surface area (Å²) in [5.74, 6) is 0.972. The number of benzene rings is 1. The number of carbonyl (C=O) groups is 1. The molecule has 2 N–H and O–H groups in total. The number of aromatic amines is 1. The van der Waals surface area contributed by atoms with Crippen molar-refractivity contribution in [2.45, 2.75) is 31.4 Å². The number of H-pyrrole nitrogens is 1. The normalized spacial score (nSPS) is 12.9. The van der Waals surface area contributed by atoms with Crippen LogP contribution in [0.4, 0.5) is 10.1 Å². The van der Waals surface area contributed by atoms with Crippen molar-refractivity contribution in [2.75, 3.05) is 11.1 Å². The van der Waals surface area contributed by atoms with Crippen molar-refractivity contribution >= 4 is 44.9 Å². The highest BCUT2D eigenvalue weighted by molar-refractivity contribution is 7.98. The summed E-state index contributed by atoms with van der Waals surface area (Å²) >= 11 is 3.13. The molecule has 32 heavy (non-hydrogen) atoms. The van der Waals surface area contributed by atoms with Gasteiger partial charge in [-0.3, -0.25) is 9.59 Å². The first-order valence-electron chi connectivity index (χ1n) is 10.1. The largest absolute Gasteiger partial charge is 0.326 e. The molecule has 0 aliphatic heterocycles. The molecule has 0 spiro atoms. The molecule has 3 heterocycles. The van der Waals surface area contributed by atoms with Gasteiger partial charge in [-0.15, -0.1) is 11.3 Å². The molecular weight excluding hydrogens is 451 g/mol. The molecule has 1 aliphatic rings. The number of amides is 1. The standard InChI is InChI=1S/C21H19FN6O2S2/c22-14-8-12(4-5-15(14)28-11-23-10-24-28)25-18(29)6-7-31-9-17-26-20(30)19-13-2-1-3-16(13)32-21(19)27-17/h4-5,8,10-11H,1-3,6-7,9H2,(H,25,29)(H,26,27,30). The third kappa shape index (κ3) is 4.17. The van der Waals surface area contributed by atoms with E-state index >= 15 is 0 Å². The quantitative estimate of drug-likeness (QED) is 0.401. The monoisotopic (exact) mass is 470 g/mol. The number of carbonyl (C=O) groups excluding carboxylic acids is 1. The van der Waals surface area contributed by atoms with Gasteiger partial charge in [-0.25, -0.2) is 19.0 Å². The van der Waals surface area contributed by atoms with Gasteiger partial charge in [-0.2, -0.15) is 16.9 Å². The van der Waals surface area contributed by atoms with E-state index in [-0.39, 0.29) is 23.6 Å². The van der Waals surface area contributed by atoms with Crippen LogP contribution >= 0.6 is 23.1 Å². The Labute approximate surface area is 190 Å². The van der Waals surface area contributed by atoms with Crippen molar-refractivity contribution < 1.29 is 9.18 Å². The minimum Gasteiger partial charge on any atom is -0.326 e. The van der Waals surface area contributed by atoms with Crippen LogP contribution < -0.4 is 10.9 Å². The number of rotatable bonds is 7. The summed E-state index contributed by atoms with van der Waals surface area (Å²) in [6, 6.07) is 4.41. The molecule has 0 radical (unpaired) electrons. The van der Waals surface area contributed by atoms with E-state index in [2.05, 4.69) is 25.4 Å². The maximum atomic E-state index is 14.3. The molecule has 3 aromatic heterocycles. The lowest BCUT2D eigenvalue weighted by Crippen LogP contribution is -2.13. The van der Waals surface area contributed by atoms with Crippen molar-refractivity contribution in [3.05, 3.63) is 63.3 Å². The van der Waals surface area contributed by atoms with Crippen molar-refractivity contribution in [2.24, 2.45) is 0 Å². The van der Waals surface area contributed by atoms with Crippen LogP contribution in [0.15, 0.2) is 35.6 Å². The number of halogens is 1. The van der Waals surface area contributed by atoms with Gasteiger partial charge in [-0.05, 0) is 43.0 Å². The molecule has 1 amide bonds. The zero-order chi connectivity index (χ0) is 22.1. The van der Waals surface area contributed by atoms with Gasteiger partial charge >= 0.3 is 0 Å². The number of aryl methyl sites for hydroxylation is 2. The number of aromatic nitrogens is 5. The van der Waals surface area contributed by atoms with Gasteiger partial charge in [0.2, 0.25) is 5.91 Å². The number of fused-ring (bicyclic) bond motifs is 3. The molecule has 11 heteroatoms. The Morgan fingerprint density at radius 1 is 1.34 bits per heavy atom. The lowest BCUT2D eigenvalue weighted by Gasteiger charge is -2.08. The second kappa shape index (κ2) is 8.83. The fraction of sp³-hybridized carbons (Fsp3) is 0.286. The van der Waals surface area contributed by atoms with Crippen LogP contribution in [0.1, 0.15) is 29.1 Å². The molecule has 0 atom stereocenters. The highest BCUT2D eigenvalue weighted by Gasteiger charge is 2.21. The summed E-state index contributed by atoms with van der Waals surface area (Å²) < 4.78 is 15.6. The zero-order valence-corrected chi connectivity index (χ0v) is 18.6. The zero-order valence-electron chi connectivity index (χ0n) is 16.9. The molecule has 164 valence electrons. The van der Waals surface area contributed by atoms with Crippen LogP contribution in [0.3, 0.4) is 0 Å². The molecule has 8 nitrogen and oxygen atoms in total. The number of thioether (sulfide) groups is 1.